The molecule has 0 rings (SSSR count). The van der Waals surface area contributed by atoms with Gasteiger partial charge >= 0.3 is 446 Å². The number of hydrogen-bond donors (Lipinski definition) is 0. The molecule has 0 fully saturated rings. The Balaban J connectivity index is -0.0000000134. The summed E-state index contributed by atoms with van der Waals surface area (Å²) < 4.78 is 181. The Labute approximate surface area is 431 Å². The predicted octanol–water partition coefficient (Wildman–Crippen LogP) is -19.0. The van der Waals surface area contributed by atoms with Crippen molar-refractivity contribution < 1.29 is 294 Å². The van der Waals surface area contributed by atoms with Gasteiger partial charge in [0.05, 0.1) is 0 Å². The van der Waals surface area contributed by atoms with Crippen LogP contribution in [0.25, 0.3) is 0 Å². The molecule has 172 valence electrons. The molecule has 0 atom stereocenters. The molecule has 0 saturated heterocycles. The van der Waals surface area contributed by atoms with Crippen molar-refractivity contribution in [2.24, 2.45) is 0 Å². The Kier molecular flexibility index (Phi) is 200. The summed E-state index contributed by atoms with van der Waals surface area (Å²) in [5.41, 5.74) is 0. The fourth-order valence-electron chi connectivity index (χ4n) is 0. The van der Waals surface area contributed by atoms with Crippen LogP contribution in [0, 0.1) is 71.2 Å². The van der Waals surface area contributed by atoms with Crippen LogP contribution < -0.4 is 44.6 Å². The van der Waals surface area contributed by atoms with Crippen LogP contribution in [-0.2, 0) is 178 Å². The van der Waals surface area contributed by atoms with Crippen LogP contribution in [0.5, 0.6) is 0 Å². The molecular formula is Ba2La2O21Pb2Zr7. The van der Waals surface area contributed by atoms with Crippen LogP contribution in [0.2, 0.25) is 0 Å². The van der Waals surface area contributed by atoms with Crippen molar-refractivity contribution in [1.29, 1.82) is 0 Å². The molecule has 0 aliphatic heterocycles. The van der Waals surface area contributed by atoms with E-state index in [1.54, 1.807) is 0 Å². The third-order valence-corrected chi connectivity index (χ3v) is 0. The zero-order chi connectivity index (χ0) is 25.0. The van der Waals surface area contributed by atoms with E-state index >= 15 is 0 Å². The molecule has 0 amide bonds. The van der Waals surface area contributed by atoms with Crippen molar-refractivity contribution in [3.05, 3.63) is 0 Å². The maximum Gasteiger partial charge on any atom is 2.00 e. The fraction of sp³-hybridized carbons (Fsp3) is 0. The first kappa shape index (κ1) is 85.3. The molecule has 34 heavy (non-hydrogen) atoms. The molecule has 34 heteroatoms. The second-order valence-electron chi connectivity index (χ2n) is 1.75. The number of hydrogen-bond acceptors (Lipinski definition) is 21. The normalized spacial score (nSPS) is 5.35. The molecule has 0 aliphatic carbocycles. The van der Waals surface area contributed by atoms with E-state index in [0.717, 1.165) is 0 Å². The van der Waals surface area contributed by atoms with Gasteiger partial charge in [-0.3, -0.25) is 0 Å². The van der Waals surface area contributed by atoms with E-state index < -0.39 is 158 Å². The Morgan fingerprint density at radius 2 is 0.265 bits per heavy atom. The van der Waals surface area contributed by atoms with Crippen molar-refractivity contribution >= 4 is 152 Å². The van der Waals surface area contributed by atoms with Gasteiger partial charge in [-0.05, 0) is 0 Å². The molecular weight excluding hydrogens is 1940 g/mol. The Morgan fingerprint density at radius 3 is 0.265 bits per heavy atom. The topological polar surface area (TPSA) is 442 Å². The minimum Gasteiger partial charge on any atom is 2.00 e. The zero-order valence-electron chi connectivity index (χ0n) is 15.6. The van der Waals surface area contributed by atoms with Crippen molar-refractivity contribution in [3.8, 4) is 0 Å². The zero-order valence-corrected chi connectivity index (χ0v) is 56.8. The second kappa shape index (κ2) is 79.8. The average molecular weight is 1940 g/mol. The van der Waals surface area contributed by atoms with Gasteiger partial charge in [-0.25, -0.2) is 0 Å². The summed E-state index contributed by atoms with van der Waals surface area (Å²) in [6.07, 6.45) is 0. The van der Waals surface area contributed by atoms with Crippen LogP contribution in [0.1, 0.15) is 0 Å². The summed E-state index contributed by atoms with van der Waals surface area (Å²) in [5, 5.41) is 0. The van der Waals surface area contributed by atoms with Crippen molar-refractivity contribution in [2.45, 2.75) is 0 Å². The van der Waals surface area contributed by atoms with Gasteiger partial charge in [0.15, 0.2) is 0 Å². The minimum absolute atomic E-state index is 0. The standard InChI is InChI=1S/2Ba.2La.21O.2Pb.7Zr/q2*+2;2*+3;;;;;;;;14*-1;2*+2;;;;;;;. The van der Waals surface area contributed by atoms with Crippen LogP contribution in [0.4, 0.5) is 0 Å². The molecule has 0 N–H and O–H groups in total. The quantitative estimate of drug-likeness (QED) is 0.203. The van der Waals surface area contributed by atoms with E-state index in [4.69, 9.17) is 64.3 Å². The molecule has 0 saturated carbocycles. The summed E-state index contributed by atoms with van der Waals surface area (Å²) in [6.45, 7) is 0. The first-order valence-electron chi connectivity index (χ1n) is 4.29. The minimum atomic E-state index is -4.29. The fourth-order valence-corrected chi connectivity index (χ4v) is 0. The molecule has 0 aromatic carbocycles. The van der Waals surface area contributed by atoms with E-state index in [1.165, 1.54) is 0 Å². The Bertz CT molecular complexity index is 334. The van der Waals surface area contributed by atoms with E-state index in [9.17, 15) is 0 Å². The molecule has 21 nitrogen and oxygen atoms in total. The molecule has 4 radical (unpaired) electrons. The van der Waals surface area contributed by atoms with Crippen molar-refractivity contribution in [1.82, 2.24) is 0 Å². The maximum absolute atomic E-state index is 8.61. The van der Waals surface area contributed by atoms with E-state index in [0.29, 0.717) is 0 Å². The second-order valence-corrected chi connectivity index (χ2v) is 10.4. The largest absolute Gasteiger partial charge is 2.00 e. The molecule has 0 aliphatic rings. The SMILES string of the molecule is [Ba+2].[Ba+2].[La+3].[La+3].[O]=[Zr]([O-])[O-].[O]=[Zr]([O-])[O-].[O]=[Zr]([O-])[O-].[O]=[Zr]([O-])[O-].[O]=[Zr]([O-])[O-].[O]=[Zr]([O-])[O-].[O]=[Zr]([O-])[O-].[Pb+2].[Pb+2]. The molecule has 0 aromatic rings. The van der Waals surface area contributed by atoms with Gasteiger partial charge < -0.3 is 0 Å². The third kappa shape index (κ3) is 588. The van der Waals surface area contributed by atoms with Crippen molar-refractivity contribution in [2.75, 3.05) is 0 Å². The molecule has 0 aromatic heterocycles. The van der Waals surface area contributed by atoms with Gasteiger partial charge in [-0.1, -0.05) is 0 Å². The molecule has 0 heterocycles. The summed E-state index contributed by atoms with van der Waals surface area (Å²) in [4.78, 5) is 0. The summed E-state index contributed by atoms with van der Waals surface area (Å²) >= 11 is -30.1. The Hall–Kier alpha value is 11.6. The number of rotatable bonds is 0. The summed E-state index contributed by atoms with van der Waals surface area (Å²) in [7, 11) is 0. The van der Waals surface area contributed by atoms with Gasteiger partial charge in [0.25, 0.3) is 0 Å². The first-order chi connectivity index (χ1) is 12.1. The summed E-state index contributed by atoms with van der Waals surface area (Å²) in [6, 6.07) is 0. The van der Waals surface area contributed by atoms with E-state index in [1.807, 2.05) is 0 Å². The monoisotopic (exact) mass is 1930 g/mol. The average Bonchev–Trinajstić information content (AvgIpc) is 2.20. The van der Waals surface area contributed by atoms with Crippen LogP contribution in [0.15, 0.2) is 0 Å². The van der Waals surface area contributed by atoms with Crippen LogP contribution >= 0.6 is 0 Å². The van der Waals surface area contributed by atoms with Gasteiger partial charge in [0.2, 0.25) is 0 Å². The third-order valence-electron chi connectivity index (χ3n) is 0. The maximum atomic E-state index is 8.61. The molecule has 0 spiro atoms. The van der Waals surface area contributed by atoms with Crippen molar-refractivity contribution in [3.63, 3.8) is 0 Å². The van der Waals surface area contributed by atoms with Crippen LogP contribution in [0.3, 0.4) is 0 Å². The van der Waals surface area contributed by atoms with Crippen LogP contribution in [-0.4, -0.2) is 152 Å². The first-order valence-corrected chi connectivity index (χ1v) is 25.4. The van der Waals surface area contributed by atoms with Gasteiger partial charge in [0.1, 0.15) is 0 Å². The van der Waals surface area contributed by atoms with E-state index in [2.05, 4.69) is 0 Å². The van der Waals surface area contributed by atoms with Gasteiger partial charge in [-0.2, -0.15) is 0 Å². The summed E-state index contributed by atoms with van der Waals surface area (Å²) in [5.74, 6) is 0. The smallest absolute Gasteiger partial charge is 2.00 e. The molecule has 0 bridgehead atoms. The Morgan fingerprint density at radius 1 is 0.265 bits per heavy atom. The van der Waals surface area contributed by atoms with Gasteiger partial charge in [0, 0.05) is 0 Å². The predicted molar refractivity (Wildman–Crippen MR) is 27.8 cm³/mol. The van der Waals surface area contributed by atoms with Gasteiger partial charge in [-0.15, -0.1) is 0 Å². The molecule has 0 unspecified atom stereocenters. The van der Waals surface area contributed by atoms with E-state index in [-0.39, 0.29) is 224 Å².